The van der Waals surface area contributed by atoms with E-state index in [1.165, 1.54) is 13.2 Å². The molecule has 0 aliphatic heterocycles. The number of carbonyl (C=O) groups excluding carboxylic acids is 3. The Balaban J connectivity index is 1.98. The van der Waals surface area contributed by atoms with Gasteiger partial charge in [-0.1, -0.05) is 42.5 Å². The summed E-state index contributed by atoms with van der Waals surface area (Å²) in [7, 11) is 1.52. The Morgan fingerprint density at radius 2 is 1.62 bits per heavy atom. The summed E-state index contributed by atoms with van der Waals surface area (Å²) in [5.74, 6) is 0.445. The molecule has 7 heteroatoms. The zero-order valence-electron chi connectivity index (χ0n) is 20.6. The number of amides is 1. The van der Waals surface area contributed by atoms with Crippen molar-refractivity contribution < 1.29 is 28.6 Å². The van der Waals surface area contributed by atoms with Crippen LogP contribution in [0.4, 0.5) is 4.79 Å². The molecular formula is C27H33NO6. The Morgan fingerprint density at radius 3 is 2.24 bits per heavy atom. The number of alkyl carbamates (subject to hydrolysis) is 1. The van der Waals surface area contributed by atoms with Gasteiger partial charge in [-0.3, -0.25) is 9.59 Å². The number of ether oxygens (including phenoxy) is 3. The number of hydrogen-bond donors (Lipinski definition) is 1. The van der Waals surface area contributed by atoms with E-state index in [2.05, 4.69) is 5.32 Å². The predicted octanol–water partition coefficient (Wildman–Crippen LogP) is 5.09. The monoisotopic (exact) mass is 467 g/mol. The largest absolute Gasteiger partial charge is 0.493 e. The summed E-state index contributed by atoms with van der Waals surface area (Å²) >= 11 is 0. The maximum Gasteiger partial charge on any atom is 0.407 e. The van der Waals surface area contributed by atoms with Gasteiger partial charge in [-0.25, -0.2) is 4.79 Å². The Labute approximate surface area is 201 Å². The van der Waals surface area contributed by atoms with Crippen LogP contribution in [-0.2, 0) is 9.53 Å². The van der Waals surface area contributed by atoms with Crippen molar-refractivity contribution in [2.24, 2.45) is 5.41 Å². The fraction of sp³-hybridized carbons (Fsp3) is 0.370. The van der Waals surface area contributed by atoms with Gasteiger partial charge in [-0.15, -0.1) is 0 Å². The molecule has 1 N–H and O–H groups in total. The predicted molar refractivity (Wildman–Crippen MR) is 131 cm³/mol. The van der Waals surface area contributed by atoms with Gasteiger partial charge in [0.2, 0.25) is 0 Å². The van der Waals surface area contributed by atoms with Crippen LogP contribution in [0.3, 0.4) is 0 Å². The molecule has 0 saturated carbocycles. The number of Topliss-reactive ketones (excluding diaryl/α,β-unsaturated/α-hetero) is 1. The molecule has 2 aromatic carbocycles. The van der Waals surface area contributed by atoms with Gasteiger partial charge in [0, 0.05) is 5.56 Å². The lowest BCUT2D eigenvalue weighted by Crippen LogP contribution is -2.34. The minimum atomic E-state index is -1.19. The van der Waals surface area contributed by atoms with Gasteiger partial charge in [0.25, 0.3) is 0 Å². The van der Waals surface area contributed by atoms with Gasteiger partial charge in [-0.2, -0.15) is 0 Å². The molecule has 34 heavy (non-hydrogen) atoms. The second kappa shape index (κ2) is 11.5. The molecule has 0 aliphatic rings. The summed E-state index contributed by atoms with van der Waals surface area (Å²) in [6.45, 7) is 9.10. The molecule has 0 unspecified atom stereocenters. The van der Waals surface area contributed by atoms with Crippen LogP contribution in [0.5, 0.6) is 11.5 Å². The van der Waals surface area contributed by atoms with Crippen LogP contribution in [0, 0.1) is 5.41 Å². The van der Waals surface area contributed by atoms with Crippen molar-refractivity contribution in [3.63, 3.8) is 0 Å². The van der Waals surface area contributed by atoms with Gasteiger partial charge >= 0.3 is 6.09 Å². The van der Waals surface area contributed by atoms with Crippen molar-refractivity contribution in [3.05, 3.63) is 65.7 Å². The third-order valence-electron chi connectivity index (χ3n) is 4.86. The molecule has 0 spiro atoms. The number of nitrogens with one attached hydrogen (secondary N) is 1. The van der Waals surface area contributed by atoms with Crippen LogP contribution < -0.4 is 14.8 Å². The van der Waals surface area contributed by atoms with E-state index in [4.69, 9.17) is 14.2 Å². The van der Waals surface area contributed by atoms with E-state index in [1.807, 2.05) is 6.07 Å². The van der Waals surface area contributed by atoms with Crippen molar-refractivity contribution in [3.8, 4) is 11.5 Å². The number of rotatable bonds is 10. The van der Waals surface area contributed by atoms with Crippen LogP contribution >= 0.6 is 0 Å². The van der Waals surface area contributed by atoms with E-state index in [-0.39, 0.29) is 24.7 Å². The third kappa shape index (κ3) is 7.76. The molecule has 0 fully saturated rings. The Kier molecular flexibility index (Phi) is 9.01. The first kappa shape index (κ1) is 26.6. The highest BCUT2D eigenvalue weighted by Crippen LogP contribution is 2.29. The molecule has 2 aromatic rings. The number of benzene rings is 2. The van der Waals surface area contributed by atoms with Gasteiger partial charge in [0.15, 0.2) is 23.1 Å². The quantitative estimate of drug-likeness (QED) is 0.227. The standard InChI is InChI=1S/C27H33NO6/c1-26(2,3)34-25(31)28-16-17-33-21-14-12-19(18-22(21)32-6)13-15-23(29)27(4,5)24(30)20-10-8-7-9-11-20/h7-15,18H,16-17H2,1-6H3,(H,28,31). The summed E-state index contributed by atoms with van der Waals surface area (Å²) in [6.07, 6.45) is 2.53. The minimum Gasteiger partial charge on any atom is -0.493 e. The fourth-order valence-corrected chi connectivity index (χ4v) is 2.98. The molecule has 0 heterocycles. The Hall–Kier alpha value is -3.61. The van der Waals surface area contributed by atoms with Crippen molar-refractivity contribution in [2.75, 3.05) is 20.3 Å². The summed E-state index contributed by atoms with van der Waals surface area (Å²) < 4.78 is 16.3. The van der Waals surface area contributed by atoms with Gasteiger partial charge in [0.05, 0.1) is 19.1 Å². The van der Waals surface area contributed by atoms with E-state index in [9.17, 15) is 14.4 Å². The van der Waals surface area contributed by atoms with E-state index in [0.29, 0.717) is 22.6 Å². The van der Waals surface area contributed by atoms with Gasteiger partial charge in [0.1, 0.15) is 12.2 Å². The SMILES string of the molecule is COc1cc(C=CC(=O)C(C)(C)C(=O)c2ccccc2)ccc1OCCNC(=O)OC(C)(C)C. The number of ketones is 2. The Morgan fingerprint density at radius 1 is 0.941 bits per heavy atom. The second-order valence-corrected chi connectivity index (χ2v) is 9.21. The van der Waals surface area contributed by atoms with Crippen molar-refractivity contribution in [2.45, 2.75) is 40.2 Å². The molecule has 0 radical (unpaired) electrons. The van der Waals surface area contributed by atoms with Crippen LogP contribution in [0.25, 0.3) is 6.08 Å². The smallest absolute Gasteiger partial charge is 0.407 e. The molecule has 0 aromatic heterocycles. The summed E-state index contributed by atoms with van der Waals surface area (Å²) in [4.78, 5) is 37.2. The highest BCUT2D eigenvalue weighted by Gasteiger charge is 2.34. The van der Waals surface area contributed by atoms with E-state index < -0.39 is 17.1 Å². The lowest BCUT2D eigenvalue weighted by molar-refractivity contribution is -0.120. The molecule has 0 saturated heterocycles. The van der Waals surface area contributed by atoms with Crippen LogP contribution in [0.15, 0.2) is 54.6 Å². The average Bonchev–Trinajstić information content (AvgIpc) is 2.79. The van der Waals surface area contributed by atoms with E-state index in [0.717, 1.165) is 0 Å². The fourth-order valence-electron chi connectivity index (χ4n) is 2.98. The zero-order valence-corrected chi connectivity index (χ0v) is 20.6. The minimum absolute atomic E-state index is 0.221. The Bertz CT molecular complexity index is 1030. The number of allylic oxidation sites excluding steroid dienone is 1. The highest BCUT2D eigenvalue weighted by atomic mass is 16.6. The first-order chi connectivity index (χ1) is 15.9. The zero-order chi connectivity index (χ0) is 25.4. The lowest BCUT2D eigenvalue weighted by atomic mass is 9.80. The van der Waals surface area contributed by atoms with E-state index in [1.54, 1.807) is 83.2 Å². The molecular weight excluding hydrogens is 434 g/mol. The summed E-state index contributed by atoms with van der Waals surface area (Å²) in [5, 5.41) is 2.62. The number of carbonyl (C=O) groups is 3. The number of hydrogen-bond acceptors (Lipinski definition) is 6. The lowest BCUT2D eigenvalue weighted by Gasteiger charge is -2.20. The molecule has 0 aliphatic carbocycles. The van der Waals surface area contributed by atoms with Gasteiger partial charge in [-0.05, 0) is 58.4 Å². The molecule has 2 rings (SSSR count). The van der Waals surface area contributed by atoms with Crippen molar-refractivity contribution >= 4 is 23.7 Å². The molecule has 0 atom stereocenters. The van der Waals surface area contributed by atoms with Crippen LogP contribution in [0.2, 0.25) is 0 Å². The van der Waals surface area contributed by atoms with Crippen LogP contribution in [0.1, 0.15) is 50.5 Å². The molecule has 0 bridgehead atoms. The normalized spacial score (nSPS) is 11.7. The van der Waals surface area contributed by atoms with Crippen molar-refractivity contribution in [1.29, 1.82) is 0 Å². The second-order valence-electron chi connectivity index (χ2n) is 9.21. The van der Waals surface area contributed by atoms with E-state index >= 15 is 0 Å². The summed E-state index contributed by atoms with van der Waals surface area (Å²) in [5.41, 5.74) is -0.541. The maximum absolute atomic E-state index is 12.8. The molecule has 7 nitrogen and oxygen atoms in total. The maximum atomic E-state index is 12.8. The highest BCUT2D eigenvalue weighted by molar-refractivity contribution is 6.17. The third-order valence-corrected chi connectivity index (χ3v) is 4.86. The summed E-state index contributed by atoms with van der Waals surface area (Å²) in [6, 6.07) is 14.0. The first-order valence-electron chi connectivity index (χ1n) is 11.0. The van der Waals surface area contributed by atoms with Crippen molar-refractivity contribution in [1.82, 2.24) is 5.32 Å². The van der Waals surface area contributed by atoms with Gasteiger partial charge < -0.3 is 19.5 Å². The topological polar surface area (TPSA) is 90.9 Å². The average molecular weight is 468 g/mol. The molecule has 1 amide bonds. The number of methoxy groups -OCH3 is 1. The first-order valence-corrected chi connectivity index (χ1v) is 11.0. The van der Waals surface area contributed by atoms with Crippen LogP contribution in [-0.4, -0.2) is 43.5 Å². The molecule has 182 valence electrons.